The number of fused-ring (bicyclic) bond motifs is 3. The predicted molar refractivity (Wildman–Crippen MR) is 202 cm³/mol. The van der Waals surface area contributed by atoms with Crippen LogP contribution in [-0.4, -0.2) is 15.0 Å². The van der Waals surface area contributed by atoms with E-state index in [4.69, 9.17) is 14.4 Å². The number of pyridine rings is 3. The van der Waals surface area contributed by atoms with E-state index >= 15 is 0 Å². The van der Waals surface area contributed by atoms with E-state index in [1.54, 1.807) is 0 Å². The van der Waals surface area contributed by atoms with Gasteiger partial charge < -0.3 is 14.4 Å². The molecule has 0 saturated heterocycles. The Bertz CT molecular complexity index is 2260. The van der Waals surface area contributed by atoms with Gasteiger partial charge in [0.2, 0.25) is 5.71 Å². The minimum Gasteiger partial charge on any atom is -0.486 e. The Labute approximate surface area is 309 Å². The Morgan fingerprint density at radius 2 is 1.40 bits per heavy atom. The molecule has 0 spiro atoms. The first-order valence-electron chi connectivity index (χ1n) is 17.5. The monoisotopic (exact) mass is 834 g/mol. The molecule has 1 radical (unpaired) electrons. The summed E-state index contributed by atoms with van der Waals surface area (Å²) in [6.07, 6.45) is 10.5. The van der Waals surface area contributed by atoms with Crippen molar-refractivity contribution in [3.63, 3.8) is 0 Å². The van der Waals surface area contributed by atoms with E-state index in [0.29, 0.717) is 11.6 Å². The number of rotatable bonds is 4. The van der Waals surface area contributed by atoms with Gasteiger partial charge in [-0.25, -0.2) is 4.98 Å². The molecule has 1 aliphatic rings. The van der Waals surface area contributed by atoms with E-state index in [1.165, 1.54) is 76.6 Å². The summed E-state index contributed by atoms with van der Waals surface area (Å²) in [6.45, 7) is 12.7. The molecule has 4 nitrogen and oxygen atoms in total. The van der Waals surface area contributed by atoms with Crippen LogP contribution in [0.4, 0.5) is 0 Å². The molecule has 255 valence electrons. The fourth-order valence-electron chi connectivity index (χ4n) is 7.13. The van der Waals surface area contributed by atoms with E-state index in [0.717, 1.165) is 44.6 Å². The molecule has 1 saturated carbocycles. The van der Waals surface area contributed by atoms with E-state index in [1.807, 2.05) is 24.5 Å². The minimum absolute atomic E-state index is 0. The Kier molecular flexibility index (Phi) is 10.8. The van der Waals surface area contributed by atoms with Crippen molar-refractivity contribution in [2.24, 2.45) is 0 Å². The summed E-state index contributed by atoms with van der Waals surface area (Å²) < 4.78 is 6.41. The van der Waals surface area contributed by atoms with Crippen molar-refractivity contribution < 1.29 is 24.5 Å². The van der Waals surface area contributed by atoms with E-state index in [-0.39, 0.29) is 20.1 Å². The zero-order valence-corrected chi connectivity index (χ0v) is 32.2. The van der Waals surface area contributed by atoms with Crippen LogP contribution in [0.5, 0.6) is 0 Å². The first-order valence-corrected chi connectivity index (χ1v) is 17.5. The molecule has 0 amide bonds. The van der Waals surface area contributed by atoms with Gasteiger partial charge in [-0.05, 0) is 105 Å². The maximum atomic E-state index is 6.41. The largest absolute Gasteiger partial charge is 0.486 e. The van der Waals surface area contributed by atoms with Crippen LogP contribution >= 0.6 is 0 Å². The van der Waals surface area contributed by atoms with Gasteiger partial charge in [0.25, 0.3) is 0 Å². The molecule has 7 aromatic rings. The summed E-state index contributed by atoms with van der Waals surface area (Å²) in [4.78, 5) is 14.2. The number of hydrogen-bond acceptors (Lipinski definition) is 4. The van der Waals surface area contributed by atoms with Crippen LogP contribution in [0, 0.1) is 53.7 Å². The summed E-state index contributed by atoms with van der Waals surface area (Å²) in [5.41, 5.74) is 16.4. The molecule has 4 heterocycles. The Morgan fingerprint density at radius 1 is 0.660 bits per heavy atom. The molecule has 1 fully saturated rings. The molecule has 1 aliphatic carbocycles. The molecule has 0 unspecified atom stereocenters. The minimum atomic E-state index is 0. The SMILES string of the molecule is Cc1c[c-]c(-c2cc(C)c(C)cn2)cc1.Cc1cnc(-c2[c-]ccc3c2oc2nc(-c4c(C)cccc4C)ccc23)cc1C1CCCCC1.[Ir]. The van der Waals surface area contributed by atoms with Crippen molar-refractivity contribution in [2.45, 2.75) is 79.6 Å². The van der Waals surface area contributed by atoms with Crippen LogP contribution in [0.2, 0.25) is 0 Å². The third kappa shape index (κ3) is 7.22. The van der Waals surface area contributed by atoms with Crippen LogP contribution in [0.15, 0.2) is 89.6 Å². The summed E-state index contributed by atoms with van der Waals surface area (Å²) in [7, 11) is 0. The Hall–Kier alpha value is -4.44. The van der Waals surface area contributed by atoms with Crippen LogP contribution < -0.4 is 0 Å². The second-order valence-corrected chi connectivity index (χ2v) is 13.7. The van der Waals surface area contributed by atoms with Crippen LogP contribution in [0.25, 0.3) is 55.8 Å². The van der Waals surface area contributed by atoms with Gasteiger partial charge in [-0.1, -0.05) is 73.0 Å². The molecular weight excluding hydrogens is 791 g/mol. The van der Waals surface area contributed by atoms with Crippen molar-refractivity contribution in [3.8, 4) is 33.8 Å². The molecular formula is C45H43IrN3O-2. The van der Waals surface area contributed by atoms with Gasteiger partial charge in [0, 0.05) is 43.4 Å². The van der Waals surface area contributed by atoms with Crippen molar-refractivity contribution in [3.05, 3.63) is 136 Å². The van der Waals surface area contributed by atoms with Crippen molar-refractivity contribution in [1.82, 2.24) is 15.0 Å². The number of hydrogen-bond donors (Lipinski definition) is 0. The van der Waals surface area contributed by atoms with Gasteiger partial charge >= 0.3 is 0 Å². The number of aromatic nitrogens is 3. The van der Waals surface area contributed by atoms with Gasteiger partial charge in [0.15, 0.2) is 0 Å². The molecule has 0 bridgehead atoms. The topological polar surface area (TPSA) is 51.8 Å². The van der Waals surface area contributed by atoms with E-state index < -0.39 is 0 Å². The Balaban J connectivity index is 0.000000227. The predicted octanol–water partition coefficient (Wildman–Crippen LogP) is 12.0. The number of benzene rings is 3. The van der Waals surface area contributed by atoms with Crippen LogP contribution in [-0.2, 0) is 20.1 Å². The summed E-state index contributed by atoms with van der Waals surface area (Å²) >= 11 is 0. The standard InChI is InChI=1S/C31H29N2O.C14H14N.Ir/c1-19-9-7-10-20(2)29(19)27-16-15-24-23-13-8-14-25(30(23)34-31(24)33-27)28-17-26(21(3)18-32-28)22-11-5-4-6-12-22;1-10-4-6-13(7-5-10)14-8-11(2)12(3)9-15-14;/h7-10,13,15-18,22H,4-6,11-12H2,1-3H3;4-6,8-9H,1-3H3;/q2*-1;. The molecule has 8 rings (SSSR count). The molecule has 4 aromatic heterocycles. The van der Waals surface area contributed by atoms with Gasteiger partial charge in [-0.2, -0.15) is 0 Å². The Morgan fingerprint density at radius 3 is 2.12 bits per heavy atom. The molecule has 5 heteroatoms. The van der Waals surface area contributed by atoms with Gasteiger partial charge in [0.1, 0.15) is 0 Å². The number of aryl methyl sites for hydroxylation is 6. The zero-order chi connectivity index (χ0) is 34.1. The maximum absolute atomic E-state index is 6.41. The first-order chi connectivity index (χ1) is 23.8. The normalized spacial score (nSPS) is 13.2. The van der Waals surface area contributed by atoms with Crippen LogP contribution in [0.1, 0.15) is 77.0 Å². The summed E-state index contributed by atoms with van der Waals surface area (Å²) in [5, 5.41) is 2.09. The smallest absolute Gasteiger partial charge is 0.216 e. The number of furan rings is 1. The zero-order valence-electron chi connectivity index (χ0n) is 29.8. The first kappa shape index (κ1) is 35.4. The second kappa shape index (κ2) is 15.2. The van der Waals surface area contributed by atoms with E-state index in [9.17, 15) is 0 Å². The molecule has 50 heavy (non-hydrogen) atoms. The number of nitrogens with zero attached hydrogens (tertiary/aromatic N) is 3. The van der Waals surface area contributed by atoms with Crippen molar-refractivity contribution >= 4 is 22.1 Å². The molecule has 3 aromatic carbocycles. The maximum Gasteiger partial charge on any atom is 0.216 e. The third-order valence-corrected chi connectivity index (χ3v) is 10.1. The fraction of sp³-hybridized carbons (Fsp3) is 0.267. The van der Waals surface area contributed by atoms with Crippen LogP contribution in [0.3, 0.4) is 0 Å². The fourth-order valence-corrected chi connectivity index (χ4v) is 7.13. The van der Waals surface area contributed by atoms with Gasteiger partial charge in [-0.15, -0.1) is 53.6 Å². The average Bonchev–Trinajstić information content (AvgIpc) is 3.49. The molecule has 0 N–H and O–H groups in total. The summed E-state index contributed by atoms with van der Waals surface area (Å²) in [5.74, 6) is 0.631. The van der Waals surface area contributed by atoms with Gasteiger partial charge in [0.05, 0.1) is 11.3 Å². The van der Waals surface area contributed by atoms with Crippen molar-refractivity contribution in [1.29, 1.82) is 0 Å². The summed E-state index contributed by atoms with van der Waals surface area (Å²) in [6, 6.07) is 31.8. The second-order valence-electron chi connectivity index (χ2n) is 13.7. The van der Waals surface area contributed by atoms with E-state index in [2.05, 4.69) is 119 Å². The molecule has 0 aliphatic heterocycles. The van der Waals surface area contributed by atoms with Gasteiger partial charge in [-0.3, -0.25) is 0 Å². The third-order valence-electron chi connectivity index (χ3n) is 10.1. The quantitative estimate of drug-likeness (QED) is 0.166. The van der Waals surface area contributed by atoms with Crippen molar-refractivity contribution in [2.75, 3.05) is 0 Å². The molecule has 0 atom stereocenters. The average molecular weight is 834 g/mol.